The van der Waals surface area contributed by atoms with Gasteiger partial charge in [-0.3, -0.25) is 0 Å². The second kappa shape index (κ2) is 5.43. The molecule has 0 amide bonds. The second-order valence-electron chi connectivity index (χ2n) is 5.07. The summed E-state index contributed by atoms with van der Waals surface area (Å²) in [5, 5.41) is 0.951. The fourth-order valence-corrected chi connectivity index (χ4v) is 4.25. The van der Waals surface area contributed by atoms with Gasteiger partial charge in [-0.25, -0.2) is 4.21 Å². The van der Waals surface area contributed by atoms with Crippen molar-refractivity contribution in [3.63, 3.8) is 0 Å². The molecular weight excluding hydrogens is 348 g/mol. The van der Waals surface area contributed by atoms with Crippen LogP contribution in [0.3, 0.4) is 0 Å². The standard InChI is InChI=1S/C17H15BrO2S/c1-10-9-14-15(11(2)16(10)18)17(12(3)20-14)21(19)13-7-5-4-6-8-13/h4-9H,1-3H3. The maximum Gasteiger partial charge on any atom is 0.136 e. The molecule has 4 heteroatoms. The van der Waals surface area contributed by atoms with Crippen LogP contribution in [0.4, 0.5) is 0 Å². The maximum absolute atomic E-state index is 12.9. The number of benzene rings is 2. The monoisotopic (exact) mass is 362 g/mol. The van der Waals surface area contributed by atoms with Gasteiger partial charge in [-0.1, -0.05) is 34.1 Å². The van der Waals surface area contributed by atoms with Gasteiger partial charge in [-0.2, -0.15) is 0 Å². The SMILES string of the molecule is Cc1cc2oc(C)c(S(=O)c3ccccc3)c2c(C)c1Br. The Morgan fingerprint density at radius 3 is 2.43 bits per heavy atom. The highest BCUT2D eigenvalue weighted by Gasteiger charge is 2.21. The van der Waals surface area contributed by atoms with Crippen LogP contribution in [0, 0.1) is 20.8 Å². The van der Waals surface area contributed by atoms with Gasteiger partial charge in [0.2, 0.25) is 0 Å². The van der Waals surface area contributed by atoms with Gasteiger partial charge in [0.05, 0.1) is 15.7 Å². The summed E-state index contributed by atoms with van der Waals surface area (Å²) in [6, 6.07) is 11.5. The van der Waals surface area contributed by atoms with Crippen molar-refractivity contribution < 1.29 is 8.63 Å². The average molecular weight is 363 g/mol. The van der Waals surface area contributed by atoms with E-state index in [-0.39, 0.29) is 0 Å². The molecule has 0 N–H and O–H groups in total. The number of aryl methyl sites for hydroxylation is 3. The minimum absolute atomic E-state index is 0.716. The zero-order valence-electron chi connectivity index (χ0n) is 12.1. The van der Waals surface area contributed by atoms with Crippen LogP contribution in [-0.2, 0) is 10.8 Å². The minimum atomic E-state index is -1.24. The first-order valence-corrected chi connectivity index (χ1v) is 8.60. The second-order valence-corrected chi connectivity index (χ2v) is 7.28. The van der Waals surface area contributed by atoms with Crippen LogP contribution in [-0.4, -0.2) is 4.21 Å². The number of halogens is 1. The van der Waals surface area contributed by atoms with E-state index < -0.39 is 10.8 Å². The Kier molecular flexibility index (Phi) is 3.76. The van der Waals surface area contributed by atoms with E-state index in [1.165, 1.54) is 0 Å². The number of fused-ring (bicyclic) bond motifs is 1. The van der Waals surface area contributed by atoms with Crippen molar-refractivity contribution >= 4 is 37.7 Å². The minimum Gasteiger partial charge on any atom is -0.460 e. The molecule has 1 aromatic heterocycles. The summed E-state index contributed by atoms with van der Waals surface area (Å²) in [4.78, 5) is 1.56. The van der Waals surface area contributed by atoms with Crippen molar-refractivity contribution in [2.24, 2.45) is 0 Å². The summed E-state index contributed by atoms with van der Waals surface area (Å²) in [6.45, 7) is 5.93. The molecule has 0 saturated carbocycles. The Hall–Kier alpha value is -1.39. The molecule has 2 nitrogen and oxygen atoms in total. The highest BCUT2D eigenvalue weighted by molar-refractivity contribution is 9.10. The predicted octanol–water partition coefficient (Wildman–Crippen LogP) is 5.29. The molecule has 3 rings (SSSR count). The van der Waals surface area contributed by atoms with Crippen LogP contribution in [0.15, 0.2) is 55.1 Å². The molecule has 2 aromatic carbocycles. The van der Waals surface area contributed by atoms with Crippen molar-refractivity contribution in [2.45, 2.75) is 30.6 Å². The van der Waals surface area contributed by atoms with E-state index in [1.54, 1.807) is 0 Å². The number of hydrogen-bond acceptors (Lipinski definition) is 2. The lowest BCUT2D eigenvalue weighted by Gasteiger charge is -2.06. The Labute approximate surface area is 134 Å². The highest BCUT2D eigenvalue weighted by atomic mass is 79.9. The van der Waals surface area contributed by atoms with Gasteiger partial charge >= 0.3 is 0 Å². The van der Waals surface area contributed by atoms with Gasteiger partial charge in [0.15, 0.2) is 0 Å². The molecule has 0 aliphatic carbocycles. The molecule has 108 valence electrons. The Bertz CT molecular complexity index is 850. The van der Waals surface area contributed by atoms with E-state index in [2.05, 4.69) is 15.9 Å². The van der Waals surface area contributed by atoms with Crippen molar-refractivity contribution in [1.29, 1.82) is 0 Å². The Balaban J connectivity index is 2.31. The molecule has 21 heavy (non-hydrogen) atoms. The first-order chi connectivity index (χ1) is 10.0. The first-order valence-electron chi connectivity index (χ1n) is 6.66. The van der Waals surface area contributed by atoms with Crippen LogP contribution in [0.5, 0.6) is 0 Å². The molecule has 0 bridgehead atoms. The van der Waals surface area contributed by atoms with Crippen LogP contribution < -0.4 is 0 Å². The number of rotatable bonds is 2. The normalized spacial score (nSPS) is 12.8. The van der Waals surface area contributed by atoms with Crippen LogP contribution in [0.1, 0.15) is 16.9 Å². The topological polar surface area (TPSA) is 30.2 Å². The zero-order chi connectivity index (χ0) is 15.1. The number of hydrogen-bond donors (Lipinski definition) is 0. The molecule has 0 fully saturated rings. The predicted molar refractivity (Wildman–Crippen MR) is 89.2 cm³/mol. The molecule has 0 spiro atoms. The number of furan rings is 1. The summed E-state index contributed by atoms with van der Waals surface area (Å²) < 4.78 is 19.8. The molecule has 0 saturated heterocycles. The fourth-order valence-electron chi connectivity index (χ4n) is 2.56. The molecule has 0 radical (unpaired) electrons. The Morgan fingerprint density at radius 2 is 1.76 bits per heavy atom. The van der Waals surface area contributed by atoms with E-state index in [9.17, 15) is 4.21 Å². The average Bonchev–Trinajstić information content (AvgIpc) is 2.81. The van der Waals surface area contributed by atoms with E-state index in [4.69, 9.17) is 4.42 Å². The molecule has 1 unspecified atom stereocenters. The molecule has 1 atom stereocenters. The third kappa shape index (κ3) is 2.36. The largest absolute Gasteiger partial charge is 0.460 e. The van der Waals surface area contributed by atoms with Gasteiger partial charge in [-0.05, 0) is 50.1 Å². The lowest BCUT2D eigenvalue weighted by atomic mass is 10.1. The van der Waals surface area contributed by atoms with Crippen molar-refractivity contribution in [1.82, 2.24) is 0 Å². The van der Waals surface area contributed by atoms with Crippen molar-refractivity contribution in [2.75, 3.05) is 0 Å². The van der Waals surface area contributed by atoms with Crippen LogP contribution >= 0.6 is 15.9 Å². The molecule has 1 heterocycles. The van der Waals surface area contributed by atoms with Crippen molar-refractivity contribution in [3.8, 4) is 0 Å². The lowest BCUT2D eigenvalue weighted by Crippen LogP contribution is -1.95. The summed E-state index contributed by atoms with van der Waals surface area (Å²) in [6.07, 6.45) is 0. The fraction of sp³-hybridized carbons (Fsp3) is 0.176. The van der Waals surface area contributed by atoms with Gasteiger partial charge in [0.1, 0.15) is 11.3 Å². The van der Waals surface area contributed by atoms with Crippen LogP contribution in [0.25, 0.3) is 11.0 Å². The van der Waals surface area contributed by atoms with Crippen molar-refractivity contribution in [3.05, 3.63) is 57.8 Å². The highest BCUT2D eigenvalue weighted by Crippen LogP contribution is 2.37. The summed E-state index contributed by atoms with van der Waals surface area (Å²) in [5.74, 6) is 0.716. The van der Waals surface area contributed by atoms with Crippen LogP contribution in [0.2, 0.25) is 0 Å². The van der Waals surface area contributed by atoms with Gasteiger partial charge < -0.3 is 4.42 Å². The van der Waals surface area contributed by atoms with Gasteiger partial charge in [0.25, 0.3) is 0 Å². The van der Waals surface area contributed by atoms with E-state index in [0.717, 1.165) is 36.4 Å². The third-order valence-corrected chi connectivity index (χ3v) is 6.38. The van der Waals surface area contributed by atoms with E-state index in [0.29, 0.717) is 5.76 Å². The van der Waals surface area contributed by atoms with E-state index >= 15 is 0 Å². The Morgan fingerprint density at radius 1 is 1.10 bits per heavy atom. The third-order valence-electron chi connectivity index (χ3n) is 3.60. The quantitative estimate of drug-likeness (QED) is 0.620. The molecule has 0 aliphatic heterocycles. The van der Waals surface area contributed by atoms with E-state index in [1.807, 2.05) is 57.2 Å². The summed E-state index contributed by atoms with van der Waals surface area (Å²) >= 11 is 3.61. The van der Waals surface area contributed by atoms with Gasteiger partial charge in [-0.15, -0.1) is 0 Å². The summed E-state index contributed by atoms with van der Waals surface area (Å²) in [7, 11) is -1.24. The summed E-state index contributed by atoms with van der Waals surface area (Å²) in [5.41, 5.74) is 2.98. The molecular formula is C17H15BrO2S. The first kappa shape index (κ1) is 14.5. The zero-order valence-corrected chi connectivity index (χ0v) is 14.5. The molecule has 0 aliphatic rings. The maximum atomic E-state index is 12.9. The molecule has 3 aromatic rings. The van der Waals surface area contributed by atoms with Gasteiger partial charge in [0, 0.05) is 14.8 Å². The smallest absolute Gasteiger partial charge is 0.136 e. The lowest BCUT2D eigenvalue weighted by molar-refractivity contribution is 0.566.